The molecular weight excluding hydrogens is 220 g/mol. The van der Waals surface area contributed by atoms with Crippen LogP contribution >= 0.6 is 0 Å². The van der Waals surface area contributed by atoms with E-state index in [-0.39, 0.29) is 5.54 Å². The summed E-state index contributed by atoms with van der Waals surface area (Å²) in [5.41, 5.74) is 3.09. The minimum absolute atomic E-state index is 0.196. The SMILES string of the molecule is CCc1ccccc1N1CCCCNC(C)(C)C1. The van der Waals surface area contributed by atoms with Gasteiger partial charge in [0, 0.05) is 24.3 Å². The summed E-state index contributed by atoms with van der Waals surface area (Å²) >= 11 is 0. The van der Waals surface area contributed by atoms with Crippen molar-refractivity contribution < 1.29 is 0 Å². The van der Waals surface area contributed by atoms with Gasteiger partial charge >= 0.3 is 0 Å². The number of benzene rings is 1. The Balaban J connectivity index is 2.23. The molecule has 1 fully saturated rings. The Morgan fingerprint density at radius 1 is 1.22 bits per heavy atom. The van der Waals surface area contributed by atoms with Gasteiger partial charge in [0.1, 0.15) is 0 Å². The molecule has 0 aromatic heterocycles. The quantitative estimate of drug-likeness (QED) is 0.862. The lowest BCUT2D eigenvalue weighted by Gasteiger charge is -2.38. The number of anilines is 1. The average molecular weight is 246 g/mol. The fraction of sp³-hybridized carbons (Fsp3) is 0.625. The molecule has 1 aliphatic rings. The molecule has 1 aromatic rings. The molecule has 0 amide bonds. The zero-order valence-electron chi connectivity index (χ0n) is 12.0. The van der Waals surface area contributed by atoms with Gasteiger partial charge in [0.25, 0.3) is 0 Å². The van der Waals surface area contributed by atoms with E-state index in [0.29, 0.717) is 0 Å². The molecule has 0 radical (unpaired) electrons. The summed E-state index contributed by atoms with van der Waals surface area (Å²) in [4.78, 5) is 2.56. The molecule has 0 atom stereocenters. The van der Waals surface area contributed by atoms with Gasteiger partial charge in [-0.1, -0.05) is 25.1 Å². The molecule has 1 aliphatic heterocycles. The van der Waals surface area contributed by atoms with E-state index in [2.05, 4.69) is 55.3 Å². The first-order valence-electron chi connectivity index (χ1n) is 7.20. The Bertz CT molecular complexity index is 384. The number of hydrogen-bond acceptors (Lipinski definition) is 2. The summed E-state index contributed by atoms with van der Waals surface area (Å²) in [5, 5.41) is 3.66. The summed E-state index contributed by atoms with van der Waals surface area (Å²) < 4.78 is 0. The van der Waals surface area contributed by atoms with Crippen LogP contribution in [-0.2, 0) is 6.42 Å². The highest BCUT2D eigenvalue weighted by molar-refractivity contribution is 5.54. The molecule has 1 N–H and O–H groups in total. The fourth-order valence-electron chi connectivity index (χ4n) is 2.79. The highest BCUT2D eigenvalue weighted by Gasteiger charge is 2.23. The van der Waals surface area contributed by atoms with Gasteiger partial charge in [-0.3, -0.25) is 0 Å². The Labute approximate surface area is 111 Å². The van der Waals surface area contributed by atoms with E-state index in [1.807, 2.05) is 0 Å². The largest absolute Gasteiger partial charge is 0.369 e. The second-order valence-corrected chi connectivity index (χ2v) is 5.92. The Morgan fingerprint density at radius 2 is 2.00 bits per heavy atom. The normalized spacial score (nSPS) is 20.3. The molecule has 2 rings (SSSR count). The molecule has 1 aromatic carbocycles. The van der Waals surface area contributed by atoms with E-state index in [1.54, 1.807) is 0 Å². The van der Waals surface area contributed by atoms with E-state index < -0.39 is 0 Å². The smallest absolute Gasteiger partial charge is 0.0399 e. The third-order valence-electron chi connectivity index (χ3n) is 3.76. The summed E-state index contributed by atoms with van der Waals surface area (Å²) in [5.74, 6) is 0. The van der Waals surface area contributed by atoms with Crippen molar-refractivity contribution in [2.45, 2.75) is 45.6 Å². The number of nitrogens with zero attached hydrogens (tertiary/aromatic N) is 1. The molecule has 0 saturated carbocycles. The molecular formula is C16H26N2. The van der Waals surface area contributed by atoms with Gasteiger partial charge in [-0.05, 0) is 51.3 Å². The number of rotatable bonds is 2. The third kappa shape index (κ3) is 3.26. The number of aryl methyl sites for hydroxylation is 1. The van der Waals surface area contributed by atoms with E-state index >= 15 is 0 Å². The Hall–Kier alpha value is -1.02. The van der Waals surface area contributed by atoms with Crippen molar-refractivity contribution in [2.24, 2.45) is 0 Å². The van der Waals surface area contributed by atoms with E-state index in [0.717, 1.165) is 19.5 Å². The monoisotopic (exact) mass is 246 g/mol. The number of nitrogens with one attached hydrogen (secondary N) is 1. The van der Waals surface area contributed by atoms with Crippen molar-refractivity contribution >= 4 is 5.69 Å². The third-order valence-corrected chi connectivity index (χ3v) is 3.76. The lowest BCUT2D eigenvalue weighted by Crippen LogP contribution is -2.51. The maximum absolute atomic E-state index is 3.66. The highest BCUT2D eigenvalue weighted by atomic mass is 15.2. The molecule has 100 valence electrons. The van der Waals surface area contributed by atoms with E-state index in [1.165, 1.54) is 30.6 Å². The van der Waals surface area contributed by atoms with Crippen LogP contribution in [0.1, 0.15) is 39.2 Å². The first kappa shape index (κ1) is 13.4. The minimum Gasteiger partial charge on any atom is -0.369 e. The van der Waals surface area contributed by atoms with Crippen LogP contribution in [0.15, 0.2) is 24.3 Å². The first-order valence-corrected chi connectivity index (χ1v) is 7.20. The molecule has 2 heteroatoms. The predicted octanol–water partition coefficient (Wildman–Crippen LogP) is 3.22. The lowest BCUT2D eigenvalue weighted by atomic mass is 10.0. The minimum atomic E-state index is 0.196. The summed E-state index contributed by atoms with van der Waals surface area (Å²) in [7, 11) is 0. The maximum Gasteiger partial charge on any atom is 0.0399 e. The van der Waals surface area contributed by atoms with Crippen LogP contribution in [0.5, 0.6) is 0 Å². The Kier molecular flexibility index (Phi) is 4.28. The molecule has 0 spiro atoms. The van der Waals surface area contributed by atoms with Gasteiger partial charge in [-0.15, -0.1) is 0 Å². The van der Waals surface area contributed by atoms with Crippen molar-refractivity contribution in [3.05, 3.63) is 29.8 Å². The van der Waals surface area contributed by atoms with Crippen LogP contribution in [0.2, 0.25) is 0 Å². The molecule has 0 bridgehead atoms. The second kappa shape index (κ2) is 5.75. The molecule has 0 aliphatic carbocycles. The van der Waals surface area contributed by atoms with Gasteiger partial charge in [-0.2, -0.15) is 0 Å². The second-order valence-electron chi connectivity index (χ2n) is 5.92. The predicted molar refractivity (Wildman–Crippen MR) is 79.3 cm³/mol. The van der Waals surface area contributed by atoms with Crippen molar-refractivity contribution in [3.63, 3.8) is 0 Å². The van der Waals surface area contributed by atoms with Crippen LogP contribution in [-0.4, -0.2) is 25.2 Å². The van der Waals surface area contributed by atoms with Crippen LogP contribution in [0.3, 0.4) is 0 Å². The molecule has 1 saturated heterocycles. The van der Waals surface area contributed by atoms with Crippen LogP contribution in [0.25, 0.3) is 0 Å². The Morgan fingerprint density at radius 3 is 2.78 bits per heavy atom. The van der Waals surface area contributed by atoms with Crippen LogP contribution in [0.4, 0.5) is 5.69 Å². The zero-order valence-corrected chi connectivity index (χ0v) is 12.0. The van der Waals surface area contributed by atoms with Gasteiger partial charge in [-0.25, -0.2) is 0 Å². The summed E-state index contributed by atoms with van der Waals surface area (Å²) in [6.07, 6.45) is 3.66. The summed E-state index contributed by atoms with van der Waals surface area (Å²) in [6, 6.07) is 8.84. The van der Waals surface area contributed by atoms with Crippen molar-refractivity contribution in [2.75, 3.05) is 24.5 Å². The number of hydrogen-bond donors (Lipinski definition) is 1. The molecule has 18 heavy (non-hydrogen) atoms. The molecule has 0 unspecified atom stereocenters. The number of para-hydroxylation sites is 1. The van der Waals surface area contributed by atoms with Gasteiger partial charge in [0.15, 0.2) is 0 Å². The zero-order chi connectivity index (χ0) is 13.0. The van der Waals surface area contributed by atoms with Crippen molar-refractivity contribution in [1.29, 1.82) is 0 Å². The molecule has 2 nitrogen and oxygen atoms in total. The van der Waals surface area contributed by atoms with Gasteiger partial charge in [0.2, 0.25) is 0 Å². The molecule has 1 heterocycles. The van der Waals surface area contributed by atoms with E-state index in [4.69, 9.17) is 0 Å². The van der Waals surface area contributed by atoms with Gasteiger partial charge in [0.05, 0.1) is 0 Å². The van der Waals surface area contributed by atoms with Crippen LogP contribution in [0, 0.1) is 0 Å². The van der Waals surface area contributed by atoms with Gasteiger partial charge < -0.3 is 10.2 Å². The maximum atomic E-state index is 3.66. The van der Waals surface area contributed by atoms with E-state index in [9.17, 15) is 0 Å². The van der Waals surface area contributed by atoms with Crippen molar-refractivity contribution in [1.82, 2.24) is 5.32 Å². The average Bonchev–Trinajstić information content (AvgIpc) is 2.34. The first-order chi connectivity index (χ1) is 8.62. The topological polar surface area (TPSA) is 15.3 Å². The standard InChI is InChI=1S/C16H26N2/c1-4-14-9-5-6-10-15(14)18-12-8-7-11-17-16(2,3)13-18/h5-6,9-10,17H,4,7-8,11-13H2,1-3H3. The highest BCUT2D eigenvalue weighted by Crippen LogP contribution is 2.24. The lowest BCUT2D eigenvalue weighted by molar-refractivity contribution is 0.364. The van der Waals surface area contributed by atoms with Crippen LogP contribution < -0.4 is 10.2 Å². The fourth-order valence-corrected chi connectivity index (χ4v) is 2.79. The summed E-state index contributed by atoms with van der Waals surface area (Å²) in [6.45, 7) is 10.3. The van der Waals surface area contributed by atoms with Crippen molar-refractivity contribution in [3.8, 4) is 0 Å².